The molecule has 2 aromatic carbocycles. The van der Waals surface area contributed by atoms with E-state index in [2.05, 4.69) is 4.85 Å². The molecule has 2 aromatic rings. The van der Waals surface area contributed by atoms with E-state index in [1.807, 2.05) is 0 Å². The third kappa shape index (κ3) is 4.06. The van der Waals surface area contributed by atoms with Gasteiger partial charge in [0.15, 0.2) is 5.69 Å². The Balaban J connectivity index is 2.33. The van der Waals surface area contributed by atoms with Gasteiger partial charge in [0.2, 0.25) is 0 Å². The molecular formula is C16H13N3O5. The van der Waals surface area contributed by atoms with Crippen molar-refractivity contribution in [2.24, 2.45) is 5.73 Å². The molecule has 2 rings (SSSR count). The lowest BCUT2D eigenvalue weighted by Crippen LogP contribution is -2.32. The highest BCUT2D eigenvalue weighted by molar-refractivity contribution is 5.74. The van der Waals surface area contributed by atoms with Gasteiger partial charge >= 0.3 is 5.97 Å². The summed E-state index contributed by atoms with van der Waals surface area (Å²) >= 11 is 0. The van der Waals surface area contributed by atoms with E-state index < -0.39 is 16.9 Å². The summed E-state index contributed by atoms with van der Waals surface area (Å²) in [4.78, 5) is 24.6. The van der Waals surface area contributed by atoms with E-state index in [-0.39, 0.29) is 23.4 Å². The van der Waals surface area contributed by atoms with Gasteiger partial charge in [-0.2, -0.15) is 0 Å². The third-order valence-corrected chi connectivity index (χ3v) is 3.19. The van der Waals surface area contributed by atoms with Gasteiger partial charge in [-0.25, -0.2) is 4.85 Å². The average molecular weight is 327 g/mol. The fourth-order valence-electron chi connectivity index (χ4n) is 2.04. The zero-order valence-electron chi connectivity index (χ0n) is 12.4. The number of nitro benzene ring substituents is 1. The first-order valence-corrected chi connectivity index (χ1v) is 6.82. The molecule has 0 aromatic heterocycles. The second-order valence-electron chi connectivity index (χ2n) is 4.91. The Hall–Kier alpha value is -3.44. The number of nitro groups is 1. The molecule has 0 unspecified atom stereocenters. The maximum Gasteiger partial charge on any atom is 0.320 e. The Labute approximate surface area is 137 Å². The summed E-state index contributed by atoms with van der Waals surface area (Å²) in [6.07, 6.45) is -0.203. The number of carbonyl (C=O) groups is 1. The van der Waals surface area contributed by atoms with Crippen LogP contribution in [0, 0.1) is 16.7 Å². The summed E-state index contributed by atoms with van der Waals surface area (Å²) < 4.78 is 5.58. The number of carboxylic acids is 1. The molecule has 0 amide bonds. The topological polar surface area (TPSA) is 120 Å². The third-order valence-electron chi connectivity index (χ3n) is 3.19. The quantitative estimate of drug-likeness (QED) is 0.478. The number of benzene rings is 2. The molecule has 0 saturated carbocycles. The molecular weight excluding hydrogens is 314 g/mol. The normalized spacial score (nSPS) is 11.3. The zero-order valence-corrected chi connectivity index (χ0v) is 12.4. The standard InChI is InChI=1S/C16H13N3O5/c1-18-11-3-2-4-12(9-11)24-13-5-6-15(19(22)23)10(7-13)8-14(17)16(20)21/h2-7,9,14H,8,17H2,(H,20,21)/t14-/m0/s1. The average Bonchev–Trinajstić information content (AvgIpc) is 2.54. The van der Waals surface area contributed by atoms with Crippen LogP contribution >= 0.6 is 0 Å². The number of rotatable bonds is 6. The molecule has 0 fully saturated rings. The van der Waals surface area contributed by atoms with E-state index in [1.165, 1.54) is 24.3 Å². The molecule has 0 spiro atoms. The Morgan fingerprint density at radius 3 is 2.67 bits per heavy atom. The summed E-state index contributed by atoms with van der Waals surface area (Å²) in [7, 11) is 0. The van der Waals surface area contributed by atoms with Crippen molar-refractivity contribution in [2.75, 3.05) is 0 Å². The summed E-state index contributed by atoms with van der Waals surface area (Å²) in [6.45, 7) is 6.97. The summed E-state index contributed by atoms with van der Waals surface area (Å²) in [6, 6.07) is 9.18. The fraction of sp³-hybridized carbons (Fsp3) is 0.125. The molecule has 0 aliphatic rings. The largest absolute Gasteiger partial charge is 0.480 e. The number of hydrogen-bond donors (Lipinski definition) is 2. The molecule has 0 aliphatic carbocycles. The van der Waals surface area contributed by atoms with Gasteiger partial charge in [-0.05, 0) is 24.3 Å². The molecule has 0 bridgehead atoms. The minimum Gasteiger partial charge on any atom is -0.480 e. The van der Waals surface area contributed by atoms with Crippen molar-refractivity contribution in [3.63, 3.8) is 0 Å². The number of ether oxygens (including phenoxy) is 1. The molecule has 0 saturated heterocycles. The Morgan fingerprint density at radius 2 is 2.04 bits per heavy atom. The maximum absolute atomic E-state index is 11.1. The van der Waals surface area contributed by atoms with E-state index in [1.54, 1.807) is 18.2 Å². The van der Waals surface area contributed by atoms with Crippen molar-refractivity contribution in [3.05, 3.63) is 69.6 Å². The van der Waals surface area contributed by atoms with Crippen LogP contribution in [-0.2, 0) is 11.2 Å². The van der Waals surface area contributed by atoms with Crippen LogP contribution in [0.2, 0.25) is 0 Å². The van der Waals surface area contributed by atoms with Crippen LogP contribution in [0.5, 0.6) is 11.5 Å². The number of aliphatic carboxylic acids is 1. The van der Waals surface area contributed by atoms with E-state index in [4.69, 9.17) is 22.1 Å². The van der Waals surface area contributed by atoms with Gasteiger partial charge in [0.25, 0.3) is 5.69 Å². The molecule has 122 valence electrons. The van der Waals surface area contributed by atoms with Crippen LogP contribution in [-0.4, -0.2) is 22.0 Å². The summed E-state index contributed by atoms with van der Waals surface area (Å²) in [5.41, 5.74) is 5.79. The fourth-order valence-corrected chi connectivity index (χ4v) is 2.04. The van der Waals surface area contributed by atoms with E-state index in [9.17, 15) is 14.9 Å². The number of carboxylic acid groups (broad SMARTS) is 1. The monoisotopic (exact) mass is 327 g/mol. The molecule has 1 atom stereocenters. The van der Waals surface area contributed by atoms with Crippen molar-refractivity contribution in [3.8, 4) is 11.5 Å². The highest BCUT2D eigenvalue weighted by Gasteiger charge is 2.20. The lowest BCUT2D eigenvalue weighted by Gasteiger charge is -2.10. The SMILES string of the molecule is [C-]#[N+]c1cccc(Oc2ccc([N+](=O)[O-])c(C[C@H](N)C(=O)O)c2)c1. The second kappa shape index (κ2) is 7.21. The van der Waals surface area contributed by atoms with Gasteiger partial charge in [-0.3, -0.25) is 14.9 Å². The first-order valence-electron chi connectivity index (χ1n) is 6.82. The van der Waals surface area contributed by atoms with E-state index >= 15 is 0 Å². The van der Waals surface area contributed by atoms with E-state index in [0.717, 1.165) is 0 Å². The van der Waals surface area contributed by atoms with Crippen LogP contribution in [0.25, 0.3) is 4.85 Å². The second-order valence-corrected chi connectivity index (χ2v) is 4.91. The minimum atomic E-state index is -1.26. The molecule has 0 aliphatic heterocycles. The van der Waals surface area contributed by atoms with Crippen LogP contribution in [0.4, 0.5) is 11.4 Å². The Morgan fingerprint density at radius 1 is 1.33 bits per heavy atom. The number of nitrogens with zero attached hydrogens (tertiary/aromatic N) is 2. The first kappa shape index (κ1) is 16.9. The van der Waals surface area contributed by atoms with Crippen molar-refractivity contribution >= 4 is 17.3 Å². The number of hydrogen-bond acceptors (Lipinski definition) is 5. The van der Waals surface area contributed by atoms with Crippen molar-refractivity contribution in [1.29, 1.82) is 0 Å². The summed E-state index contributed by atoms with van der Waals surface area (Å²) in [5, 5.41) is 20.0. The van der Waals surface area contributed by atoms with Gasteiger partial charge in [0.05, 0.1) is 11.5 Å². The molecule has 0 radical (unpaired) electrons. The van der Waals surface area contributed by atoms with Gasteiger partial charge in [-0.1, -0.05) is 12.1 Å². The first-order chi connectivity index (χ1) is 11.4. The number of nitrogens with two attached hydrogens (primary N) is 1. The predicted octanol–water partition coefficient (Wildman–Crippen LogP) is 2.89. The smallest absolute Gasteiger partial charge is 0.320 e. The summed E-state index contributed by atoms with van der Waals surface area (Å²) in [5.74, 6) is -0.568. The lowest BCUT2D eigenvalue weighted by atomic mass is 10.0. The van der Waals surface area contributed by atoms with Crippen molar-refractivity contribution < 1.29 is 19.6 Å². The van der Waals surface area contributed by atoms with Crippen LogP contribution in [0.15, 0.2) is 42.5 Å². The molecule has 3 N–H and O–H groups in total. The van der Waals surface area contributed by atoms with Gasteiger partial charge in [0, 0.05) is 18.1 Å². The van der Waals surface area contributed by atoms with Gasteiger partial charge < -0.3 is 15.6 Å². The predicted molar refractivity (Wildman–Crippen MR) is 85.2 cm³/mol. The molecule has 0 heterocycles. The van der Waals surface area contributed by atoms with Crippen LogP contribution in [0.1, 0.15) is 5.56 Å². The molecule has 8 heteroatoms. The van der Waals surface area contributed by atoms with Crippen molar-refractivity contribution in [2.45, 2.75) is 12.5 Å². The maximum atomic E-state index is 11.1. The molecule has 24 heavy (non-hydrogen) atoms. The highest BCUT2D eigenvalue weighted by Crippen LogP contribution is 2.30. The molecule has 8 nitrogen and oxygen atoms in total. The van der Waals surface area contributed by atoms with Crippen LogP contribution in [0.3, 0.4) is 0 Å². The Kier molecular flexibility index (Phi) is 5.09. The Bertz CT molecular complexity index is 829. The van der Waals surface area contributed by atoms with Crippen molar-refractivity contribution in [1.82, 2.24) is 0 Å². The van der Waals surface area contributed by atoms with Gasteiger partial charge in [0.1, 0.15) is 17.5 Å². The van der Waals surface area contributed by atoms with Gasteiger partial charge in [-0.15, -0.1) is 0 Å². The minimum absolute atomic E-state index is 0.161. The van der Waals surface area contributed by atoms with E-state index in [0.29, 0.717) is 11.4 Å². The van der Waals surface area contributed by atoms with Crippen LogP contribution < -0.4 is 10.5 Å². The zero-order chi connectivity index (χ0) is 17.7. The highest BCUT2D eigenvalue weighted by atomic mass is 16.6. The lowest BCUT2D eigenvalue weighted by molar-refractivity contribution is -0.385.